The minimum Gasteiger partial charge on any atom is -0.465 e. The molecular formula is C18H20O5S. The third kappa shape index (κ3) is 4.14. The zero-order chi connectivity index (χ0) is 18.0. The summed E-state index contributed by atoms with van der Waals surface area (Å²) in [5.41, 5.74) is 1.12. The Kier molecular flexibility index (Phi) is 4.99. The Bertz CT molecular complexity index is 830. The molecule has 0 aliphatic heterocycles. The van der Waals surface area contributed by atoms with Crippen LogP contribution in [0.1, 0.15) is 36.7 Å². The number of esters is 1. The molecule has 0 saturated carbocycles. The highest BCUT2D eigenvalue weighted by atomic mass is 32.2. The van der Waals surface area contributed by atoms with E-state index in [1.165, 1.54) is 31.4 Å². The Morgan fingerprint density at radius 3 is 2.17 bits per heavy atom. The van der Waals surface area contributed by atoms with E-state index in [1.54, 1.807) is 18.2 Å². The van der Waals surface area contributed by atoms with E-state index in [0.29, 0.717) is 0 Å². The predicted octanol–water partition coefficient (Wildman–Crippen LogP) is 3.54. The van der Waals surface area contributed by atoms with Crippen LogP contribution in [-0.4, -0.2) is 21.5 Å². The second-order valence-electron chi connectivity index (χ2n) is 6.33. The van der Waals surface area contributed by atoms with E-state index >= 15 is 0 Å². The summed E-state index contributed by atoms with van der Waals surface area (Å²) >= 11 is 0. The zero-order valence-corrected chi connectivity index (χ0v) is 14.9. The monoisotopic (exact) mass is 348 g/mol. The number of carbonyl (C=O) groups excluding carboxylic acids is 1. The first kappa shape index (κ1) is 18.0. The number of rotatable bonds is 4. The average molecular weight is 348 g/mol. The van der Waals surface area contributed by atoms with Gasteiger partial charge in [0.25, 0.3) is 0 Å². The number of carbonyl (C=O) groups is 1. The number of methoxy groups -OCH3 is 1. The molecule has 0 bridgehead atoms. The van der Waals surface area contributed by atoms with E-state index in [-0.39, 0.29) is 21.6 Å². The van der Waals surface area contributed by atoms with Crippen molar-refractivity contribution in [2.24, 2.45) is 0 Å². The molecule has 0 heterocycles. The van der Waals surface area contributed by atoms with Crippen LogP contribution in [0.15, 0.2) is 53.4 Å². The highest BCUT2D eigenvalue weighted by Crippen LogP contribution is 2.27. The number of hydrogen-bond acceptors (Lipinski definition) is 5. The van der Waals surface area contributed by atoms with Crippen LogP contribution in [0, 0.1) is 0 Å². The van der Waals surface area contributed by atoms with Crippen molar-refractivity contribution in [2.45, 2.75) is 31.1 Å². The number of hydrogen-bond donors (Lipinski definition) is 0. The van der Waals surface area contributed by atoms with E-state index in [4.69, 9.17) is 4.18 Å². The van der Waals surface area contributed by atoms with Crippen LogP contribution in [0.3, 0.4) is 0 Å². The van der Waals surface area contributed by atoms with Crippen molar-refractivity contribution in [1.29, 1.82) is 0 Å². The van der Waals surface area contributed by atoms with Crippen LogP contribution in [-0.2, 0) is 20.3 Å². The molecule has 0 N–H and O–H groups in total. The summed E-state index contributed by atoms with van der Waals surface area (Å²) in [6.07, 6.45) is 0. The van der Waals surface area contributed by atoms with Crippen LogP contribution < -0.4 is 4.18 Å². The topological polar surface area (TPSA) is 69.7 Å². The first-order valence-electron chi connectivity index (χ1n) is 7.37. The Labute approximate surface area is 142 Å². The fraction of sp³-hybridized carbons (Fsp3) is 0.278. The fourth-order valence-electron chi connectivity index (χ4n) is 2.06. The first-order chi connectivity index (χ1) is 11.1. The summed E-state index contributed by atoms with van der Waals surface area (Å²) in [4.78, 5) is 11.4. The van der Waals surface area contributed by atoms with Crippen molar-refractivity contribution >= 4 is 16.1 Å². The molecule has 0 saturated heterocycles. The molecule has 0 radical (unpaired) electrons. The van der Waals surface area contributed by atoms with Gasteiger partial charge in [-0.2, -0.15) is 8.42 Å². The van der Waals surface area contributed by atoms with Gasteiger partial charge in [-0.3, -0.25) is 0 Å². The molecule has 0 spiro atoms. The van der Waals surface area contributed by atoms with Gasteiger partial charge in [-0.1, -0.05) is 32.9 Å². The lowest BCUT2D eigenvalue weighted by Gasteiger charge is -2.19. The van der Waals surface area contributed by atoms with Crippen LogP contribution in [0.4, 0.5) is 0 Å². The van der Waals surface area contributed by atoms with Crippen molar-refractivity contribution in [3.05, 3.63) is 59.7 Å². The largest absolute Gasteiger partial charge is 0.465 e. The van der Waals surface area contributed by atoms with Gasteiger partial charge in [-0.15, -0.1) is 0 Å². The van der Waals surface area contributed by atoms with E-state index < -0.39 is 16.1 Å². The predicted molar refractivity (Wildman–Crippen MR) is 90.7 cm³/mol. The normalized spacial score (nSPS) is 11.8. The summed E-state index contributed by atoms with van der Waals surface area (Å²) in [5, 5.41) is 0. The van der Waals surface area contributed by atoms with E-state index in [1.807, 2.05) is 26.8 Å². The van der Waals surface area contributed by atoms with Gasteiger partial charge in [-0.05, 0) is 47.4 Å². The second kappa shape index (κ2) is 6.65. The standard InChI is InChI=1S/C18H20O5S/c1-18(2,3)14-6-5-7-15(12-14)23-24(20,21)16-10-8-13(9-11-16)17(19)22-4/h5-12H,1-4H3. The molecule has 5 nitrogen and oxygen atoms in total. The SMILES string of the molecule is COC(=O)c1ccc(S(=O)(=O)Oc2cccc(C(C)(C)C)c2)cc1. The molecule has 0 aromatic heterocycles. The Balaban J connectivity index is 2.27. The molecule has 24 heavy (non-hydrogen) atoms. The molecule has 0 aliphatic carbocycles. The Morgan fingerprint density at radius 2 is 1.62 bits per heavy atom. The molecular weight excluding hydrogens is 328 g/mol. The number of benzene rings is 2. The van der Waals surface area contributed by atoms with E-state index in [2.05, 4.69) is 4.74 Å². The zero-order valence-electron chi connectivity index (χ0n) is 14.1. The molecule has 6 heteroatoms. The van der Waals surface area contributed by atoms with Gasteiger partial charge in [0, 0.05) is 0 Å². The van der Waals surface area contributed by atoms with Crippen molar-refractivity contribution in [1.82, 2.24) is 0 Å². The van der Waals surface area contributed by atoms with Crippen LogP contribution in [0.2, 0.25) is 0 Å². The highest BCUT2D eigenvalue weighted by Gasteiger charge is 2.19. The second-order valence-corrected chi connectivity index (χ2v) is 7.88. The molecule has 0 atom stereocenters. The van der Waals surface area contributed by atoms with Crippen molar-refractivity contribution in [3.8, 4) is 5.75 Å². The highest BCUT2D eigenvalue weighted by molar-refractivity contribution is 7.87. The Morgan fingerprint density at radius 1 is 1.00 bits per heavy atom. The molecule has 0 aliphatic rings. The fourth-order valence-corrected chi connectivity index (χ4v) is 2.99. The van der Waals surface area contributed by atoms with E-state index in [0.717, 1.165) is 5.56 Å². The lowest BCUT2D eigenvalue weighted by molar-refractivity contribution is 0.0600. The minimum absolute atomic E-state index is 0.0312. The quantitative estimate of drug-likeness (QED) is 0.624. The summed E-state index contributed by atoms with van der Waals surface area (Å²) in [7, 11) is -2.71. The smallest absolute Gasteiger partial charge is 0.339 e. The van der Waals surface area contributed by atoms with Crippen molar-refractivity contribution in [2.75, 3.05) is 7.11 Å². The molecule has 2 aromatic carbocycles. The van der Waals surface area contributed by atoms with Gasteiger partial charge in [-0.25, -0.2) is 4.79 Å². The maximum absolute atomic E-state index is 12.4. The van der Waals surface area contributed by atoms with Gasteiger partial charge in [0.1, 0.15) is 10.6 Å². The van der Waals surface area contributed by atoms with Crippen LogP contribution in [0.25, 0.3) is 0 Å². The molecule has 2 aromatic rings. The minimum atomic E-state index is -3.98. The lowest BCUT2D eigenvalue weighted by atomic mass is 9.87. The number of ether oxygens (including phenoxy) is 1. The van der Waals surface area contributed by atoms with Gasteiger partial charge >= 0.3 is 16.1 Å². The molecule has 0 amide bonds. The molecule has 0 fully saturated rings. The third-order valence-corrected chi connectivity index (χ3v) is 4.73. The van der Waals surface area contributed by atoms with Crippen LogP contribution >= 0.6 is 0 Å². The first-order valence-corrected chi connectivity index (χ1v) is 8.78. The van der Waals surface area contributed by atoms with Gasteiger partial charge in [0.05, 0.1) is 12.7 Å². The van der Waals surface area contributed by atoms with Crippen LogP contribution in [0.5, 0.6) is 5.75 Å². The van der Waals surface area contributed by atoms with E-state index in [9.17, 15) is 13.2 Å². The van der Waals surface area contributed by atoms with Gasteiger partial charge in [0.15, 0.2) is 0 Å². The maximum atomic E-state index is 12.4. The maximum Gasteiger partial charge on any atom is 0.339 e. The summed E-state index contributed by atoms with van der Waals surface area (Å²) in [6, 6.07) is 12.4. The Hall–Kier alpha value is -2.34. The molecule has 0 unspecified atom stereocenters. The van der Waals surface area contributed by atoms with Gasteiger partial charge in [0.2, 0.25) is 0 Å². The summed E-state index contributed by atoms with van der Waals surface area (Å²) < 4.78 is 34.5. The lowest BCUT2D eigenvalue weighted by Crippen LogP contribution is -2.13. The molecule has 2 rings (SSSR count). The van der Waals surface area contributed by atoms with Gasteiger partial charge < -0.3 is 8.92 Å². The van der Waals surface area contributed by atoms with Crippen molar-refractivity contribution in [3.63, 3.8) is 0 Å². The average Bonchev–Trinajstić information content (AvgIpc) is 2.53. The summed E-state index contributed by atoms with van der Waals surface area (Å²) in [6.45, 7) is 6.10. The third-order valence-electron chi connectivity index (χ3n) is 3.47. The van der Waals surface area contributed by atoms with Crippen molar-refractivity contribution < 1.29 is 22.1 Å². The molecule has 128 valence electrons. The summed E-state index contributed by atoms with van der Waals surface area (Å²) in [5.74, 6) is -0.280.